The molecule has 0 aliphatic carbocycles. The van der Waals surface area contributed by atoms with Gasteiger partial charge in [-0.15, -0.1) is 0 Å². The van der Waals surface area contributed by atoms with Crippen LogP contribution < -0.4 is 10.2 Å². The van der Waals surface area contributed by atoms with Gasteiger partial charge in [-0.25, -0.2) is 0 Å². The smallest absolute Gasteiger partial charge is 0.545 e. The Labute approximate surface area is 137 Å². The fourth-order valence-electron chi connectivity index (χ4n) is 1.60. The summed E-state index contributed by atoms with van der Waals surface area (Å²) in [6.45, 7) is 3.48. The van der Waals surface area contributed by atoms with Crippen LogP contribution in [0.3, 0.4) is 0 Å². The molecule has 0 aromatic heterocycles. The van der Waals surface area contributed by atoms with Gasteiger partial charge >= 0.3 is 20.4 Å². The molecule has 0 unspecified atom stereocenters. The SMILES string of the molecule is Cc1ccccc1C(=O)[O-].Cc1ccccc1C(=O)[O-].[Pd+2]. The first-order valence-electron chi connectivity index (χ1n) is 5.97. The van der Waals surface area contributed by atoms with Crippen LogP contribution in [-0.4, -0.2) is 11.9 Å². The molecule has 112 valence electrons. The fourth-order valence-corrected chi connectivity index (χ4v) is 1.60. The van der Waals surface area contributed by atoms with Gasteiger partial charge in [-0.2, -0.15) is 0 Å². The van der Waals surface area contributed by atoms with E-state index in [0.717, 1.165) is 11.1 Å². The van der Waals surface area contributed by atoms with Crippen molar-refractivity contribution in [2.45, 2.75) is 13.8 Å². The van der Waals surface area contributed by atoms with Crippen LogP contribution in [-0.2, 0) is 20.4 Å². The first-order chi connectivity index (χ1) is 9.43. The molecule has 0 saturated heterocycles. The number of carbonyl (C=O) groups is 2. The number of rotatable bonds is 2. The quantitative estimate of drug-likeness (QED) is 0.723. The van der Waals surface area contributed by atoms with Crippen LogP contribution in [0, 0.1) is 13.8 Å². The third-order valence-corrected chi connectivity index (χ3v) is 2.73. The Balaban J connectivity index is 0.000000364. The number of hydrogen-bond acceptors (Lipinski definition) is 4. The van der Waals surface area contributed by atoms with E-state index in [1.165, 1.54) is 12.1 Å². The van der Waals surface area contributed by atoms with Crippen molar-refractivity contribution in [3.63, 3.8) is 0 Å². The van der Waals surface area contributed by atoms with Crippen molar-refractivity contribution in [2.75, 3.05) is 0 Å². The van der Waals surface area contributed by atoms with Gasteiger partial charge in [-0.3, -0.25) is 0 Å². The van der Waals surface area contributed by atoms with Gasteiger partial charge in [0.2, 0.25) is 0 Å². The molecule has 0 saturated carbocycles. The average molecular weight is 377 g/mol. The summed E-state index contributed by atoms with van der Waals surface area (Å²) >= 11 is 0. The largest absolute Gasteiger partial charge is 2.00 e. The van der Waals surface area contributed by atoms with Crippen molar-refractivity contribution >= 4 is 11.9 Å². The van der Waals surface area contributed by atoms with Gasteiger partial charge in [0.05, 0.1) is 11.9 Å². The molecule has 0 spiro atoms. The molecule has 0 fully saturated rings. The van der Waals surface area contributed by atoms with Gasteiger partial charge in [-0.05, 0) is 25.0 Å². The third-order valence-electron chi connectivity index (χ3n) is 2.73. The summed E-state index contributed by atoms with van der Waals surface area (Å²) in [5.74, 6) is -2.23. The van der Waals surface area contributed by atoms with E-state index in [0.29, 0.717) is 0 Å². The number of aryl methyl sites for hydroxylation is 2. The minimum atomic E-state index is -1.11. The maximum absolute atomic E-state index is 10.3. The van der Waals surface area contributed by atoms with Crippen LogP contribution in [0.1, 0.15) is 31.8 Å². The van der Waals surface area contributed by atoms with Crippen LogP contribution in [0.2, 0.25) is 0 Å². The zero-order valence-electron chi connectivity index (χ0n) is 11.6. The molecule has 0 atom stereocenters. The number of carboxylic acids is 2. The molecule has 2 aromatic carbocycles. The monoisotopic (exact) mass is 376 g/mol. The van der Waals surface area contributed by atoms with E-state index in [1.54, 1.807) is 50.2 Å². The molecule has 2 rings (SSSR count). The molecule has 0 aliphatic rings. The first-order valence-corrected chi connectivity index (χ1v) is 5.97. The molecule has 0 N–H and O–H groups in total. The van der Waals surface area contributed by atoms with E-state index < -0.39 is 11.9 Å². The second-order valence-electron chi connectivity index (χ2n) is 4.20. The molecule has 0 bridgehead atoms. The Morgan fingerprint density at radius 2 is 1.00 bits per heavy atom. The summed E-state index contributed by atoms with van der Waals surface area (Å²) < 4.78 is 0. The van der Waals surface area contributed by atoms with E-state index in [4.69, 9.17) is 0 Å². The molecular formula is C16H14O4Pd. The zero-order valence-corrected chi connectivity index (χ0v) is 13.1. The molecule has 21 heavy (non-hydrogen) atoms. The van der Waals surface area contributed by atoms with E-state index in [-0.39, 0.29) is 31.5 Å². The van der Waals surface area contributed by atoms with Gasteiger partial charge < -0.3 is 19.8 Å². The molecule has 0 amide bonds. The Morgan fingerprint density at radius 1 is 0.714 bits per heavy atom. The maximum Gasteiger partial charge on any atom is 2.00 e. The van der Waals surface area contributed by atoms with Crippen molar-refractivity contribution in [1.82, 2.24) is 0 Å². The summed E-state index contributed by atoms with van der Waals surface area (Å²) in [5, 5.41) is 20.6. The Hall–Kier alpha value is -1.96. The molecule has 4 nitrogen and oxygen atoms in total. The first kappa shape index (κ1) is 19.0. The fraction of sp³-hybridized carbons (Fsp3) is 0.125. The predicted molar refractivity (Wildman–Crippen MR) is 71.0 cm³/mol. The average Bonchev–Trinajstić information content (AvgIpc) is 2.40. The van der Waals surface area contributed by atoms with Crippen molar-refractivity contribution in [1.29, 1.82) is 0 Å². The van der Waals surface area contributed by atoms with Gasteiger partial charge in [-0.1, -0.05) is 48.5 Å². The van der Waals surface area contributed by atoms with E-state index in [2.05, 4.69) is 0 Å². The van der Waals surface area contributed by atoms with Crippen molar-refractivity contribution in [3.8, 4) is 0 Å². The van der Waals surface area contributed by atoms with Crippen molar-refractivity contribution in [2.24, 2.45) is 0 Å². The summed E-state index contributed by atoms with van der Waals surface area (Å²) in [6.07, 6.45) is 0. The van der Waals surface area contributed by atoms with Gasteiger partial charge in [0.1, 0.15) is 0 Å². The van der Waals surface area contributed by atoms with Crippen LogP contribution in [0.25, 0.3) is 0 Å². The molecule has 0 heterocycles. The Bertz CT molecular complexity index is 568. The van der Waals surface area contributed by atoms with Crippen molar-refractivity contribution < 1.29 is 40.2 Å². The predicted octanol–water partition coefficient (Wildman–Crippen LogP) is 0.715. The number of carboxylic acid groups (broad SMARTS) is 2. The van der Waals surface area contributed by atoms with Crippen LogP contribution >= 0.6 is 0 Å². The van der Waals surface area contributed by atoms with Crippen molar-refractivity contribution in [3.05, 3.63) is 70.8 Å². The topological polar surface area (TPSA) is 80.3 Å². The zero-order chi connectivity index (χ0) is 15.1. The Kier molecular flexibility index (Phi) is 8.22. The summed E-state index contributed by atoms with van der Waals surface area (Å²) in [6, 6.07) is 13.5. The van der Waals surface area contributed by atoms with Crippen LogP contribution in [0.5, 0.6) is 0 Å². The number of carbonyl (C=O) groups excluding carboxylic acids is 2. The third kappa shape index (κ3) is 5.90. The van der Waals surface area contributed by atoms with E-state index in [1.807, 2.05) is 0 Å². The number of aromatic carboxylic acids is 2. The summed E-state index contributed by atoms with van der Waals surface area (Å²) in [5.41, 5.74) is 2.01. The summed E-state index contributed by atoms with van der Waals surface area (Å²) in [7, 11) is 0. The van der Waals surface area contributed by atoms with Gasteiger partial charge in [0, 0.05) is 11.1 Å². The normalized spacial score (nSPS) is 8.86. The minimum Gasteiger partial charge on any atom is -0.545 e. The summed E-state index contributed by atoms with van der Waals surface area (Å²) in [4.78, 5) is 20.6. The Morgan fingerprint density at radius 3 is 1.19 bits per heavy atom. The maximum atomic E-state index is 10.3. The molecule has 0 radical (unpaired) electrons. The number of hydrogen-bond donors (Lipinski definition) is 0. The second kappa shape index (κ2) is 9.07. The van der Waals surface area contributed by atoms with E-state index in [9.17, 15) is 19.8 Å². The molecular weight excluding hydrogens is 363 g/mol. The van der Waals surface area contributed by atoms with Crippen LogP contribution in [0.4, 0.5) is 0 Å². The molecule has 2 aromatic rings. The molecule has 0 aliphatic heterocycles. The van der Waals surface area contributed by atoms with Gasteiger partial charge in [0.25, 0.3) is 0 Å². The number of benzene rings is 2. The standard InChI is InChI=1S/2C8H8O2.Pd/c2*1-6-4-2-3-5-7(6)8(9)10;/h2*2-5H,1H3,(H,9,10);/q;;+2/p-2. The van der Waals surface area contributed by atoms with E-state index >= 15 is 0 Å². The van der Waals surface area contributed by atoms with Crippen LogP contribution in [0.15, 0.2) is 48.5 Å². The minimum absolute atomic E-state index is 0. The molecule has 5 heteroatoms. The van der Waals surface area contributed by atoms with Gasteiger partial charge in [0.15, 0.2) is 0 Å². The second-order valence-corrected chi connectivity index (χ2v) is 4.20.